The van der Waals surface area contributed by atoms with Crippen molar-refractivity contribution < 1.29 is 0 Å². The SMILES string of the molecule is Brc1ccc(C#CC2=CCN=CC2)cc1. The Bertz CT molecular complexity index is 458. The van der Waals surface area contributed by atoms with Crippen LogP contribution in [0, 0.1) is 11.8 Å². The lowest BCUT2D eigenvalue weighted by molar-refractivity contribution is 1.16. The fourth-order valence-corrected chi connectivity index (χ4v) is 1.54. The van der Waals surface area contributed by atoms with Gasteiger partial charge < -0.3 is 0 Å². The quantitative estimate of drug-likeness (QED) is 0.635. The number of aliphatic imine (C=N–C) groups is 1. The summed E-state index contributed by atoms with van der Waals surface area (Å²) in [5.41, 5.74) is 2.20. The van der Waals surface area contributed by atoms with Crippen LogP contribution in [0.2, 0.25) is 0 Å². The number of dihydropyridines is 1. The normalized spacial score (nSPS) is 14.1. The minimum Gasteiger partial charge on any atom is -0.293 e. The molecule has 1 aliphatic rings. The van der Waals surface area contributed by atoms with Gasteiger partial charge in [0, 0.05) is 28.2 Å². The second-order valence-electron chi connectivity index (χ2n) is 3.24. The van der Waals surface area contributed by atoms with Crippen molar-refractivity contribution in [2.45, 2.75) is 6.42 Å². The molecule has 0 N–H and O–H groups in total. The van der Waals surface area contributed by atoms with Crippen molar-refractivity contribution in [1.82, 2.24) is 0 Å². The van der Waals surface area contributed by atoms with E-state index in [4.69, 9.17) is 0 Å². The highest BCUT2D eigenvalue weighted by Crippen LogP contribution is 2.10. The lowest BCUT2D eigenvalue weighted by Crippen LogP contribution is -1.91. The van der Waals surface area contributed by atoms with Crippen LogP contribution >= 0.6 is 15.9 Å². The van der Waals surface area contributed by atoms with E-state index in [0.717, 1.165) is 28.6 Å². The number of allylic oxidation sites excluding steroid dienone is 1. The third-order valence-electron chi connectivity index (χ3n) is 2.10. The number of hydrogen-bond donors (Lipinski definition) is 0. The molecule has 15 heavy (non-hydrogen) atoms. The van der Waals surface area contributed by atoms with Gasteiger partial charge >= 0.3 is 0 Å². The molecule has 1 aliphatic heterocycles. The molecule has 0 aliphatic carbocycles. The highest BCUT2D eigenvalue weighted by atomic mass is 79.9. The monoisotopic (exact) mass is 259 g/mol. The second-order valence-corrected chi connectivity index (χ2v) is 4.15. The Morgan fingerprint density at radius 3 is 2.60 bits per heavy atom. The maximum absolute atomic E-state index is 4.12. The molecule has 0 saturated heterocycles. The van der Waals surface area contributed by atoms with Gasteiger partial charge in [0.25, 0.3) is 0 Å². The molecule has 0 amide bonds. The zero-order valence-electron chi connectivity index (χ0n) is 8.20. The third-order valence-corrected chi connectivity index (χ3v) is 2.62. The molecule has 0 aromatic heterocycles. The van der Waals surface area contributed by atoms with Gasteiger partial charge in [0.2, 0.25) is 0 Å². The van der Waals surface area contributed by atoms with Crippen LogP contribution in [0.1, 0.15) is 12.0 Å². The summed E-state index contributed by atoms with van der Waals surface area (Å²) in [6, 6.07) is 8.02. The molecular weight excluding hydrogens is 250 g/mol. The third kappa shape index (κ3) is 3.07. The molecule has 2 heteroatoms. The van der Waals surface area contributed by atoms with Gasteiger partial charge in [-0.1, -0.05) is 33.8 Å². The molecular formula is C13H10BrN. The molecule has 74 valence electrons. The summed E-state index contributed by atoms with van der Waals surface area (Å²) >= 11 is 3.40. The van der Waals surface area contributed by atoms with Crippen molar-refractivity contribution in [3.8, 4) is 11.8 Å². The Hall–Kier alpha value is -1.33. The average molecular weight is 260 g/mol. The first-order valence-electron chi connectivity index (χ1n) is 4.79. The van der Waals surface area contributed by atoms with Crippen LogP contribution in [-0.2, 0) is 0 Å². The zero-order valence-corrected chi connectivity index (χ0v) is 9.79. The van der Waals surface area contributed by atoms with Crippen LogP contribution in [0.4, 0.5) is 0 Å². The Morgan fingerprint density at radius 2 is 1.93 bits per heavy atom. The topological polar surface area (TPSA) is 12.4 Å². The lowest BCUT2D eigenvalue weighted by atomic mass is 10.1. The standard InChI is InChI=1S/C13H10BrN/c14-13-5-3-11(4-6-13)1-2-12-7-9-15-10-8-12/h3-7,10H,8-9H2. The smallest absolute Gasteiger partial charge is 0.0578 e. The number of halogens is 1. The predicted molar refractivity (Wildman–Crippen MR) is 67.1 cm³/mol. The van der Waals surface area contributed by atoms with Gasteiger partial charge in [-0.25, -0.2) is 0 Å². The van der Waals surface area contributed by atoms with Crippen molar-refractivity contribution in [2.24, 2.45) is 4.99 Å². The van der Waals surface area contributed by atoms with Crippen LogP contribution in [0.3, 0.4) is 0 Å². The molecule has 0 saturated carbocycles. The molecule has 1 heterocycles. The summed E-state index contributed by atoms with van der Waals surface area (Å²) in [5.74, 6) is 6.30. The second kappa shape index (κ2) is 4.95. The first-order valence-corrected chi connectivity index (χ1v) is 5.59. The molecule has 0 radical (unpaired) electrons. The summed E-state index contributed by atoms with van der Waals surface area (Å²) in [6.45, 7) is 0.768. The van der Waals surface area contributed by atoms with Crippen molar-refractivity contribution in [2.75, 3.05) is 6.54 Å². The van der Waals surface area contributed by atoms with E-state index < -0.39 is 0 Å². The number of hydrogen-bond acceptors (Lipinski definition) is 1. The van der Waals surface area contributed by atoms with Crippen LogP contribution in [0.5, 0.6) is 0 Å². The molecule has 0 atom stereocenters. The van der Waals surface area contributed by atoms with Gasteiger partial charge in [0.15, 0.2) is 0 Å². The van der Waals surface area contributed by atoms with E-state index >= 15 is 0 Å². The Balaban J connectivity index is 2.11. The summed E-state index contributed by atoms with van der Waals surface area (Å²) < 4.78 is 1.08. The van der Waals surface area contributed by atoms with Crippen molar-refractivity contribution in [1.29, 1.82) is 0 Å². The largest absolute Gasteiger partial charge is 0.293 e. The van der Waals surface area contributed by atoms with E-state index in [0.29, 0.717) is 0 Å². The molecule has 0 fully saturated rings. The number of rotatable bonds is 0. The minimum atomic E-state index is 0.768. The number of nitrogens with zero attached hydrogens (tertiary/aromatic N) is 1. The Kier molecular flexibility index (Phi) is 3.37. The molecule has 0 spiro atoms. The maximum atomic E-state index is 4.12. The fraction of sp³-hybridized carbons (Fsp3) is 0.154. The van der Waals surface area contributed by atoms with Crippen LogP contribution < -0.4 is 0 Å². The molecule has 0 bridgehead atoms. The van der Waals surface area contributed by atoms with Gasteiger partial charge in [-0.2, -0.15) is 0 Å². The van der Waals surface area contributed by atoms with E-state index in [1.807, 2.05) is 30.5 Å². The van der Waals surface area contributed by atoms with E-state index in [-0.39, 0.29) is 0 Å². The van der Waals surface area contributed by atoms with Crippen molar-refractivity contribution >= 4 is 22.1 Å². The van der Waals surface area contributed by atoms with Gasteiger partial charge in [0.1, 0.15) is 0 Å². The van der Waals surface area contributed by atoms with Gasteiger partial charge in [0.05, 0.1) is 6.54 Å². The average Bonchev–Trinajstić information content (AvgIpc) is 2.30. The van der Waals surface area contributed by atoms with Gasteiger partial charge in [-0.05, 0) is 24.3 Å². The molecule has 1 aromatic carbocycles. The first-order chi connectivity index (χ1) is 7.34. The van der Waals surface area contributed by atoms with E-state index in [1.54, 1.807) is 0 Å². The summed E-state index contributed by atoms with van der Waals surface area (Å²) in [7, 11) is 0. The molecule has 2 rings (SSSR count). The van der Waals surface area contributed by atoms with Crippen LogP contribution in [0.15, 0.2) is 45.4 Å². The fourth-order valence-electron chi connectivity index (χ4n) is 1.27. The number of benzene rings is 1. The zero-order chi connectivity index (χ0) is 10.5. The predicted octanol–water partition coefficient (Wildman–Crippen LogP) is 3.20. The summed E-state index contributed by atoms with van der Waals surface area (Å²) in [5, 5.41) is 0. The van der Waals surface area contributed by atoms with Crippen molar-refractivity contribution in [3.63, 3.8) is 0 Å². The maximum Gasteiger partial charge on any atom is 0.0578 e. The van der Waals surface area contributed by atoms with Crippen LogP contribution in [-0.4, -0.2) is 12.8 Å². The summed E-state index contributed by atoms with van der Waals surface area (Å²) in [6.07, 6.45) is 4.86. The molecule has 0 unspecified atom stereocenters. The van der Waals surface area contributed by atoms with E-state index in [2.05, 4.69) is 38.8 Å². The van der Waals surface area contributed by atoms with Gasteiger partial charge in [-0.15, -0.1) is 0 Å². The Morgan fingerprint density at radius 1 is 1.13 bits per heavy atom. The van der Waals surface area contributed by atoms with Crippen LogP contribution in [0.25, 0.3) is 0 Å². The minimum absolute atomic E-state index is 0.768. The van der Waals surface area contributed by atoms with Gasteiger partial charge in [-0.3, -0.25) is 4.99 Å². The van der Waals surface area contributed by atoms with E-state index in [1.165, 1.54) is 0 Å². The van der Waals surface area contributed by atoms with E-state index in [9.17, 15) is 0 Å². The highest BCUT2D eigenvalue weighted by Gasteiger charge is 1.94. The highest BCUT2D eigenvalue weighted by molar-refractivity contribution is 9.10. The summed E-state index contributed by atoms with van der Waals surface area (Å²) in [4.78, 5) is 4.12. The Labute approximate surface area is 98.1 Å². The molecule has 1 nitrogen and oxygen atoms in total. The first kappa shape index (κ1) is 10.2. The van der Waals surface area contributed by atoms with Crippen molar-refractivity contribution in [3.05, 3.63) is 46.0 Å². The molecule has 1 aromatic rings. The lowest BCUT2D eigenvalue weighted by Gasteiger charge is -1.98.